The second-order valence-corrected chi connectivity index (χ2v) is 8.77. The molecule has 2 nitrogen and oxygen atoms in total. The Morgan fingerprint density at radius 2 is 1.00 bits per heavy atom. The summed E-state index contributed by atoms with van der Waals surface area (Å²) in [5.74, 6) is 0.189. The molecule has 33 heavy (non-hydrogen) atoms. The quantitative estimate of drug-likeness (QED) is 0.232. The minimum absolute atomic E-state index is 0.0771. The summed E-state index contributed by atoms with van der Waals surface area (Å²) in [5.41, 5.74) is 6.37. The van der Waals surface area contributed by atoms with Crippen LogP contribution in [0.5, 0.6) is 0 Å². The van der Waals surface area contributed by atoms with Crippen molar-refractivity contribution in [3.8, 4) is 0 Å². The number of aryl methyl sites for hydroxylation is 3. The maximum atomic E-state index is 12.4. The van der Waals surface area contributed by atoms with Gasteiger partial charge < -0.3 is 0 Å². The molecular formula is C30H28O2S. The zero-order chi connectivity index (χ0) is 23.8. The molecule has 0 unspecified atom stereocenters. The number of rotatable bonds is 5. The fourth-order valence-electron chi connectivity index (χ4n) is 3.77. The molecule has 166 valence electrons. The van der Waals surface area contributed by atoms with Crippen LogP contribution in [0, 0.1) is 20.8 Å². The lowest BCUT2D eigenvalue weighted by Gasteiger charge is -2.10. The standard InChI is InChI=1S/C16H16O.C14H12OS/c1-11-9-12(2)15(13(3)10-11)16(17)14-7-5-4-6-8-14;1-16-13-9-7-12(8-10-13)14(15)11-5-3-2-4-6-11/h4-10H,1-3H3;2-10H,1H3. The minimum Gasteiger partial charge on any atom is -0.289 e. The van der Waals surface area contributed by atoms with E-state index in [0.29, 0.717) is 0 Å². The van der Waals surface area contributed by atoms with Crippen molar-refractivity contribution in [2.75, 3.05) is 6.26 Å². The van der Waals surface area contributed by atoms with E-state index in [0.717, 1.165) is 33.4 Å². The number of thioether (sulfide) groups is 1. The minimum atomic E-state index is 0.0771. The van der Waals surface area contributed by atoms with Crippen LogP contribution in [0.3, 0.4) is 0 Å². The van der Waals surface area contributed by atoms with E-state index in [1.165, 1.54) is 10.5 Å². The summed E-state index contributed by atoms with van der Waals surface area (Å²) in [4.78, 5) is 25.6. The van der Waals surface area contributed by atoms with Crippen molar-refractivity contribution in [3.05, 3.63) is 136 Å². The highest BCUT2D eigenvalue weighted by atomic mass is 32.2. The van der Waals surface area contributed by atoms with Crippen molar-refractivity contribution in [3.63, 3.8) is 0 Å². The molecule has 0 aliphatic carbocycles. The van der Waals surface area contributed by atoms with Gasteiger partial charge in [0.1, 0.15) is 0 Å². The van der Waals surface area contributed by atoms with Gasteiger partial charge in [0, 0.05) is 27.1 Å². The van der Waals surface area contributed by atoms with Gasteiger partial charge in [-0.05, 0) is 62.4 Å². The van der Waals surface area contributed by atoms with Gasteiger partial charge in [0.2, 0.25) is 0 Å². The SMILES string of the molecule is CSc1ccc(C(=O)c2ccccc2)cc1.Cc1cc(C)c(C(=O)c2ccccc2)c(C)c1. The predicted molar refractivity (Wildman–Crippen MR) is 139 cm³/mol. The van der Waals surface area contributed by atoms with E-state index in [9.17, 15) is 9.59 Å². The average molecular weight is 453 g/mol. The molecule has 0 bridgehead atoms. The van der Waals surface area contributed by atoms with Crippen molar-refractivity contribution < 1.29 is 9.59 Å². The van der Waals surface area contributed by atoms with Gasteiger partial charge in [-0.2, -0.15) is 0 Å². The van der Waals surface area contributed by atoms with Crippen LogP contribution in [0.4, 0.5) is 0 Å². The summed E-state index contributed by atoms with van der Waals surface area (Å²) in [6.45, 7) is 6.04. The van der Waals surface area contributed by atoms with E-state index in [2.05, 4.69) is 19.1 Å². The number of hydrogen-bond donors (Lipinski definition) is 0. The number of ketones is 2. The highest BCUT2D eigenvalue weighted by Crippen LogP contribution is 2.20. The Hall–Kier alpha value is -3.43. The maximum Gasteiger partial charge on any atom is 0.193 e. The highest BCUT2D eigenvalue weighted by Gasteiger charge is 2.14. The Balaban J connectivity index is 0.000000186. The summed E-state index contributed by atoms with van der Waals surface area (Å²) < 4.78 is 0. The van der Waals surface area contributed by atoms with Gasteiger partial charge in [0.25, 0.3) is 0 Å². The molecule has 0 saturated heterocycles. The monoisotopic (exact) mass is 452 g/mol. The summed E-state index contributed by atoms with van der Waals surface area (Å²) in [6.07, 6.45) is 2.02. The van der Waals surface area contributed by atoms with Crippen molar-refractivity contribution in [1.82, 2.24) is 0 Å². The molecule has 0 atom stereocenters. The highest BCUT2D eigenvalue weighted by molar-refractivity contribution is 7.98. The van der Waals surface area contributed by atoms with E-state index >= 15 is 0 Å². The fraction of sp³-hybridized carbons (Fsp3) is 0.133. The van der Waals surface area contributed by atoms with Crippen LogP contribution >= 0.6 is 11.8 Å². The number of hydrogen-bond acceptors (Lipinski definition) is 3. The number of carbonyl (C=O) groups is 2. The zero-order valence-electron chi connectivity index (χ0n) is 19.5. The van der Waals surface area contributed by atoms with E-state index in [1.807, 2.05) is 105 Å². The number of carbonyl (C=O) groups excluding carboxylic acids is 2. The molecule has 3 heteroatoms. The Bertz CT molecular complexity index is 1200. The third-order valence-corrected chi connectivity index (χ3v) is 6.07. The maximum absolute atomic E-state index is 12.4. The van der Waals surface area contributed by atoms with Crippen molar-refractivity contribution >= 4 is 23.3 Å². The topological polar surface area (TPSA) is 34.1 Å². The van der Waals surface area contributed by atoms with Gasteiger partial charge in [-0.25, -0.2) is 0 Å². The molecule has 0 N–H and O–H groups in total. The van der Waals surface area contributed by atoms with Gasteiger partial charge in [-0.1, -0.05) is 78.4 Å². The molecule has 0 fully saturated rings. The van der Waals surface area contributed by atoms with Crippen LogP contribution in [-0.2, 0) is 0 Å². The molecule has 0 heterocycles. The normalized spacial score (nSPS) is 10.2. The number of benzene rings is 4. The van der Waals surface area contributed by atoms with Crippen LogP contribution in [0.15, 0.2) is 102 Å². The molecule has 0 spiro atoms. The third kappa shape index (κ3) is 6.30. The first-order chi connectivity index (χ1) is 15.9. The van der Waals surface area contributed by atoms with Crippen LogP contribution in [-0.4, -0.2) is 17.8 Å². The van der Waals surface area contributed by atoms with Crippen molar-refractivity contribution in [1.29, 1.82) is 0 Å². The lowest BCUT2D eigenvalue weighted by atomic mass is 9.93. The summed E-state index contributed by atoms with van der Waals surface area (Å²) in [5, 5.41) is 0. The lowest BCUT2D eigenvalue weighted by Crippen LogP contribution is -2.06. The van der Waals surface area contributed by atoms with Crippen molar-refractivity contribution in [2.45, 2.75) is 25.7 Å². The van der Waals surface area contributed by atoms with Gasteiger partial charge in [-0.3, -0.25) is 9.59 Å². The van der Waals surface area contributed by atoms with E-state index in [4.69, 9.17) is 0 Å². The Morgan fingerprint density at radius 1 is 0.576 bits per heavy atom. The Labute approximate surface area is 200 Å². The second-order valence-electron chi connectivity index (χ2n) is 7.89. The molecular weight excluding hydrogens is 424 g/mol. The first-order valence-corrected chi connectivity index (χ1v) is 12.0. The van der Waals surface area contributed by atoms with E-state index in [-0.39, 0.29) is 11.6 Å². The third-order valence-electron chi connectivity index (χ3n) is 5.33. The molecule has 0 radical (unpaired) electrons. The van der Waals surface area contributed by atoms with E-state index in [1.54, 1.807) is 11.8 Å². The van der Waals surface area contributed by atoms with Crippen LogP contribution in [0.1, 0.15) is 48.5 Å². The molecule has 4 aromatic carbocycles. The molecule has 0 aromatic heterocycles. The summed E-state index contributed by atoms with van der Waals surface area (Å²) in [6, 6.07) is 30.6. The average Bonchev–Trinajstić information content (AvgIpc) is 2.84. The van der Waals surface area contributed by atoms with Crippen LogP contribution in [0.25, 0.3) is 0 Å². The zero-order valence-corrected chi connectivity index (χ0v) is 20.3. The van der Waals surface area contributed by atoms with E-state index < -0.39 is 0 Å². The van der Waals surface area contributed by atoms with Crippen LogP contribution < -0.4 is 0 Å². The molecule has 0 amide bonds. The lowest BCUT2D eigenvalue weighted by molar-refractivity contribution is 0.103. The first kappa shape index (κ1) is 24.2. The molecule has 0 aliphatic rings. The van der Waals surface area contributed by atoms with Crippen molar-refractivity contribution in [2.24, 2.45) is 0 Å². The molecule has 0 aliphatic heterocycles. The fourth-order valence-corrected chi connectivity index (χ4v) is 4.18. The van der Waals surface area contributed by atoms with Gasteiger partial charge in [0.05, 0.1) is 0 Å². The second kappa shape index (κ2) is 11.4. The summed E-state index contributed by atoms with van der Waals surface area (Å²) >= 11 is 1.67. The summed E-state index contributed by atoms with van der Waals surface area (Å²) in [7, 11) is 0. The predicted octanol–water partition coefficient (Wildman–Crippen LogP) is 7.48. The Morgan fingerprint density at radius 3 is 1.45 bits per heavy atom. The smallest absolute Gasteiger partial charge is 0.193 e. The van der Waals surface area contributed by atoms with Gasteiger partial charge in [-0.15, -0.1) is 11.8 Å². The largest absolute Gasteiger partial charge is 0.289 e. The first-order valence-electron chi connectivity index (χ1n) is 10.8. The molecule has 4 aromatic rings. The van der Waals surface area contributed by atoms with Gasteiger partial charge in [0.15, 0.2) is 11.6 Å². The molecule has 0 saturated carbocycles. The molecule has 4 rings (SSSR count). The van der Waals surface area contributed by atoms with Crippen LogP contribution in [0.2, 0.25) is 0 Å². The van der Waals surface area contributed by atoms with Gasteiger partial charge >= 0.3 is 0 Å². The Kier molecular flexibility index (Phi) is 8.39.